The van der Waals surface area contributed by atoms with Gasteiger partial charge >= 0.3 is 17.9 Å². The fourth-order valence-electron chi connectivity index (χ4n) is 3.80. The van der Waals surface area contributed by atoms with Gasteiger partial charge in [-0.05, 0) is 37.5 Å². The zero-order valence-corrected chi connectivity index (χ0v) is 17.7. The number of rotatable bonds is 5. The molecule has 1 aliphatic carbocycles. The number of carboxylic acid groups (broad SMARTS) is 1. The van der Waals surface area contributed by atoms with Crippen LogP contribution in [0.15, 0.2) is 47.7 Å². The van der Waals surface area contributed by atoms with E-state index in [-0.39, 0.29) is 12.8 Å². The highest BCUT2D eigenvalue weighted by atomic mass is 19.1. The van der Waals surface area contributed by atoms with Crippen molar-refractivity contribution >= 4 is 23.8 Å². The van der Waals surface area contributed by atoms with Gasteiger partial charge in [-0.25, -0.2) is 14.0 Å². The van der Waals surface area contributed by atoms with Crippen molar-refractivity contribution in [1.82, 2.24) is 10.9 Å². The number of hydrogen-bond acceptors (Lipinski definition) is 7. The number of halogens is 1. The highest BCUT2D eigenvalue weighted by molar-refractivity contribution is 6.15. The van der Waals surface area contributed by atoms with Crippen LogP contribution >= 0.6 is 0 Å². The van der Waals surface area contributed by atoms with Crippen molar-refractivity contribution in [2.24, 2.45) is 5.41 Å². The van der Waals surface area contributed by atoms with Gasteiger partial charge in [0.2, 0.25) is 0 Å². The Morgan fingerprint density at radius 2 is 1.75 bits per heavy atom. The molecule has 10 heteroatoms. The fourth-order valence-corrected chi connectivity index (χ4v) is 3.80. The van der Waals surface area contributed by atoms with Crippen LogP contribution in [0.2, 0.25) is 0 Å². The molecule has 1 aliphatic heterocycles. The number of allylic oxidation sites excluding steroid dienone is 2. The summed E-state index contributed by atoms with van der Waals surface area (Å²) < 4.78 is 23.3. The van der Waals surface area contributed by atoms with Crippen LogP contribution in [0.1, 0.15) is 45.1 Å². The maximum Gasteiger partial charge on any atom is 0.350 e. The summed E-state index contributed by atoms with van der Waals surface area (Å²) in [5, 5.41) is 10.1. The third-order valence-electron chi connectivity index (χ3n) is 5.47. The molecular weight excluding hydrogens is 423 g/mol. The number of carboxylic acids is 1. The number of hydrazine groups is 1. The van der Waals surface area contributed by atoms with Crippen LogP contribution in [0, 0.1) is 11.2 Å². The lowest BCUT2D eigenvalue weighted by Crippen LogP contribution is -2.54. The summed E-state index contributed by atoms with van der Waals surface area (Å²) in [4.78, 5) is 49.5. The maximum atomic E-state index is 13.4. The first kappa shape index (κ1) is 23.0. The first-order chi connectivity index (χ1) is 15.0. The molecule has 0 aromatic heterocycles. The maximum absolute atomic E-state index is 13.4. The number of hydrogen-bond donors (Lipinski definition) is 3. The Bertz CT molecular complexity index is 1010. The predicted molar refractivity (Wildman–Crippen MR) is 108 cm³/mol. The van der Waals surface area contributed by atoms with Crippen molar-refractivity contribution in [3.63, 3.8) is 0 Å². The number of carbonyl (C=O) groups excluding carboxylic acids is 3. The lowest BCUT2D eigenvalue weighted by molar-refractivity contribution is -0.222. The van der Waals surface area contributed by atoms with Crippen LogP contribution in [0.4, 0.5) is 4.39 Å². The second kappa shape index (κ2) is 8.45. The number of benzene rings is 1. The molecule has 1 heterocycles. The molecule has 0 spiro atoms. The molecular formula is C22H23FN2O7. The second-order valence-corrected chi connectivity index (χ2v) is 8.17. The van der Waals surface area contributed by atoms with Crippen molar-refractivity contribution in [1.29, 1.82) is 0 Å². The van der Waals surface area contributed by atoms with E-state index in [1.165, 1.54) is 38.1 Å². The van der Waals surface area contributed by atoms with Crippen molar-refractivity contribution in [2.75, 3.05) is 0 Å². The minimum absolute atomic E-state index is 0.0986. The van der Waals surface area contributed by atoms with E-state index < -0.39 is 52.3 Å². The van der Waals surface area contributed by atoms with E-state index in [4.69, 9.17) is 9.47 Å². The van der Waals surface area contributed by atoms with Crippen LogP contribution in [0.5, 0.6) is 0 Å². The number of nitrogens with one attached hydrogen (secondary N) is 2. The molecule has 0 bridgehead atoms. The zero-order chi connectivity index (χ0) is 23.7. The molecule has 170 valence electrons. The van der Waals surface area contributed by atoms with Crippen molar-refractivity contribution < 1.29 is 38.1 Å². The molecule has 1 amide bonds. The van der Waals surface area contributed by atoms with E-state index >= 15 is 0 Å². The first-order valence-corrected chi connectivity index (χ1v) is 9.83. The molecule has 3 N–H and O–H groups in total. The van der Waals surface area contributed by atoms with Crippen LogP contribution in [0.25, 0.3) is 0 Å². The van der Waals surface area contributed by atoms with E-state index in [0.29, 0.717) is 5.56 Å². The normalized spacial score (nSPS) is 24.6. The number of amides is 1. The number of carbonyl (C=O) groups is 4. The van der Waals surface area contributed by atoms with Gasteiger partial charge < -0.3 is 20.0 Å². The predicted octanol–water partition coefficient (Wildman–Crippen LogP) is 2.06. The molecule has 1 fully saturated rings. The monoisotopic (exact) mass is 446 g/mol. The molecule has 2 unspecified atom stereocenters. The standard InChI is InChI=1S/C22H23FN2O7/c1-12-8-9-22(20(29)30,16(10-12)13-4-6-14(23)7-5-13)19(28)25-24-11-15-17(26)31-21(2,3)32-18(15)27/h4-8,11,16,24H,9-10H2,1-3H3,(H,25,28)(H,29,30). The molecule has 0 radical (unpaired) electrons. The molecule has 3 rings (SSSR count). The summed E-state index contributed by atoms with van der Waals surface area (Å²) in [6.45, 7) is 4.60. The van der Waals surface area contributed by atoms with Crippen LogP contribution in [0.3, 0.4) is 0 Å². The minimum Gasteiger partial charge on any atom is -0.480 e. The van der Waals surface area contributed by atoms with Crippen molar-refractivity contribution in [3.05, 3.63) is 59.1 Å². The number of ether oxygens (including phenoxy) is 2. The lowest BCUT2D eigenvalue weighted by Gasteiger charge is -2.38. The quantitative estimate of drug-likeness (QED) is 0.156. The summed E-state index contributed by atoms with van der Waals surface area (Å²) in [5.41, 5.74) is 3.54. The van der Waals surface area contributed by atoms with E-state index in [1.807, 2.05) is 6.92 Å². The van der Waals surface area contributed by atoms with Gasteiger partial charge in [0.1, 0.15) is 5.82 Å². The molecule has 1 saturated heterocycles. The Labute approximate surface area is 183 Å². The molecule has 0 saturated carbocycles. The van der Waals surface area contributed by atoms with Gasteiger partial charge in [0.25, 0.3) is 11.7 Å². The van der Waals surface area contributed by atoms with Crippen molar-refractivity contribution in [2.45, 2.75) is 45.3 Å². The third kappa shape index (κ3) is 4.34. The summed E-state index contributed by atoms with van der Waals surface area (Å²) in [6.07, 6.45) is 2.73. The summed E-state index contributed by atoms with van der Waals surface area (Å²) in [5.74, 6) is -6.84. The zero-order valence-electron chi connectivity index (χ0n) is 17.7. The van der Waals surface area contributed by atoms with Gasteiger partial charge in [-0.1, -0.05) is 23.8 Å². The largest absolute Gasteiger partial charge is 0.480 e. The first-order valence-electron chi connectivity index (χ1n) is 9.83. The summed E-state index contributed by atoms with van der Waals surface area (Å²) in [7, 11) is 0. The number of aliphatic carboxylic acids is 1. The van der Waals surface area contributed by atoms with Gasteiger partial charge in [0.05, 0.1) is 0 Å². The topological polar surface area (TPSA) is 131 Å². The fraction of sp³-hybridized carbons (Fsp3) is 0.364. The molecule has 2 aliphatic rings. The van der Waals surface area contributed by atoms with Crippen LogP contribution < -0.4 is 10.9 Å². The molecule has 1 aromatic carbocycles. The Kier molecular flexibility index (Phi) is 6.07. The molecule has 9 nitrogen and oxygen atoms in total. The second-order valence-electron chi connectivity index (χ2n) is 8.17. The third-order valence-corrected chi connectivity index (χ3v) is 5.47. The van der Waals surface area contributed by atoms with E-state index in [0.717, 1.165) is 11.8 Å². The van der Waals surface area contributed by atoms with Crippen LogP contribution in [-0.2, 0) is 28.7 Å². The molecule has 1 aromatic rings. The van der Waals surface area contributed by atoms with Gasteiger partial charge in [-0.15, -0.1) is 0 Å². The van der Waals surface area contributed by atoms with Gasteiger partial charge in [-0.2, -0.15) is 0 Å². The SMILES string of the molecule is CC1=CCC(C(=O)O)(C(=O)NNC=C2C(=O)OC(C)(C)OC2=O)C(c2ccc(F)cc2)C1. The van der Waals surface area contributed by atoms with Gasteiger partial charge in [0.15, 0.2) is 11.0 Å². The Morgan fingerprint density at radius 3 is 2.31 bits per heavy atom. The molecule has 2 atom stereocenters. The summed E-state index contributed by atoms with van der Waals surface area (Å²) >= 11 is 0. The number of cyclic esters (lactones) is 2. The lowest BCUT2D eigenvalue weighted by atomic mass is 9.64. The summed E-state index contributed by atoms with van der Waals surface area (Å²) in [6, 6.07) is 5.32. The van der Waals surface area contributed by atoms with E-state index in [1.54, 1.807) is 6.08 Å². The average Bonchev–Trinajstić information content (AvgIpc) is 2.69. The van der Waals surface area contributed by atoms with Crippen LogP contribution in [-0.4, -0.2) is 34.7 Å². The van der Waals surface area contributed by atoms with Gasteiger partial charge in [-0.3, -0.25) is 15.0 Å². The highest BCUT2D eigenvalue weighted by Gasteiger charge is 2.54. The minimum atomic E-state index is -1.90. The Hall–Kier alpha value is -3.69. The van der Waals surface area contributed by atoms with Crippen molar-refractivity contribution in [3.8, 4) is 0 Å². The van der Waals surface area contributed by atoms with E-state index in [9.17, 15) is 28.7 Å². The Balaban J connectivity index is 1.85. The average molecular weight is 446 g/mol. The smallest absolute Gasteiger partial charge is 0.350 e. The highest BCUT2D eigenvalue weighted by Crippen LogP contribution is 2.47. The van der Waals surface area contributed by atoms with Gasteiger partial charge in [0, 0.05) is 26.0 Å². The number of esters is 2. The molecule has 32 heavy (non-hydrogen) atoms. The van der Waals surface area contributed by atoms with E-state index in [2.05, 4.69) is 10.9 Å². The Morgan fingerprint density at radius 1 is 1.16 bits per heavy atom.